The highest BCUT2D eigenvalue weighted by Gasteiger charge is 2.51. The Morgan fingerprint density at radius 3 is 1.44 bits per heavy atom. The summed E-state index contributed by atoms with van der Waals surface area (Å²) in [6.07, 6.45) is 28.2. The first-order valence-electron chi connectivity index (χ1n) is 24.0. The number of unbranched alkanes of at least 4 members (excludes halogenated alkanes) is 22. The van der Waals surface area contributed by atoms with Crippen LogP contribution >= 0.6 is 7.82 Å². The number of phosphoric acid groups is 1. The van der Waals surface area contributed by atoms with Crippen LogP contribution in [0.15, 0.2) is 36.5 Å². The first kappa shape index (κ1) is 57.5. The van der Waals surface area contributed by atoms with Crippen molar-refractivity contribution in [1.82, 2.24) is 5.32 Å². The molecule has 8 atom stereocenters. The first-order chi connectivity index (χ1) is 29.3. The lowest BCUT2D eigenvalue weighted by molar-refractivity contribution is -0.220. The maximum atomic E-state index is 13.0. The van der Waals surface area contributed by atoms with Crippen molar-refractivity contribution < 1.29 is 59.0 Å². The fourth-order valence-corrected chi connectivity index (χ4v) is 8.46. The number of carbonyl (C=O) groups is 1. The number of rotatable bonds is 39. The van der Waals surface area contributed by atoms with Crippen molar-refractivity contribution >= 4 is 13.7 Å². The van der Waals surface area contributed by atoms with E-state index in [4.69, 9.17) is 9.05 Å². The van der Waals surface area contributed by atoms with Crippen molar-refractivity contribution in [3.05, 3.63) is 36.5 Å². The van der Waals surface area contributed by atoms with Gasteiger partial charge in [0.05, 0.1) is 31.3 Å². The summed E-state index contributed by atoms with van der Waals surface area (Å²) >= 11 is 0. The van der Waals surface area contributed by atoms with Gasteiger partial charge in [0.1, 0.15) is 36.6 Å². The third kappa shape index (κ3) is 28.8. The number of hydrogen-bond acceptors (Lipinski definition) is 11. The molecule has 1 aliphatic rings. The average Bonchev–Trinajstić information content (AvgIpc) is 3.23. The third-order valence-electron chi connectivity index (χ3n) is 11.4. The molecule has 1 aliphatic carbocycles. The molecule has 0 aromatic rings. The fourth-order valence-electron chi connectivity index (χ4n) is 7.49. The zero-order chi connectivity index (χ0) is 45.1. The zero-order valence-electron chi connectivity index (χ0n) is 37.8. The Morgan fingerprint density at radius 2 is 0.967 bits per heavy atom. The van der Waals surface area contributed by atoms with Crippen LogP contribution in [0.4, 0.5) is 0 Å². The lowest BCUT2D eigenvalue weighted by atomic mass is 9.85. The summed E-state index contributed by atoms with van der Waals surface area (Å²) in [5.41, 5.74) is 0. The van der Waals surface area contributed by atoms with Crippen LogP contribution in [0.5, 0.6) is 0 Å². The molecule has 14 heteroatoms. The van der Waals surface area contributed by atoms with Gasteiger partial charge < -0.3 is 46.0 Å². The molecular weight excluding hydrogens is 801 g/mol. The molecule has 0 aromatic heterocycles. The minimum Gasteiger partial charge on any atom is -0.393 e. The van der Waals surface area contributed by atoms with Gasteiger partial charge in [-0.25, -0.2) is 4.57 Å². The van der Waals surface area contributed by atoms with Crippen LogP contribution in [-0.2, 0) is 18.4 Å². The second-order valence-electron chi connectivity index (χ2n) is 17.1. The summed E-state index contributed by atoms with van der Waals surface area (Å²) in [4.78, 5) is 23.4. The van der Waals surface area contributed by atoms with Crippen LogP contribution in [-0.4, -0.2) is 108 Å². The summed E-state index contributed by atoms with van der Waals surface area (Å²) < 4.78 is 22.8. The van der Waals surface area contributed by atoms with Crippen molar-refractivity contribution in [3.63, 3.8) is 0 Å². The van der Waals surface area contributed by atoms with Crippen LogP contribution in [0, 0.1) is 0 Å². The van der Waals surface area contributed by atoms with Gasteiger partial charge >= 0.3 is 7.82 Å². The van der Waals surface area contributed by atoms with Gasteiger partial charge in [0.2, 0.25) is 5.91 Å². The molecule has 0 spiro atoms. The van der Waals surface area contributed by atoms with E-state index in [-0.39, 0.29) is 6.42 Å². The van der Waals surface area contributed by atoms with Gasteiger partial charge in [-0.1, -0.05) is 166 Å². The average molecular weight is 890 g/mol. The van der Waals surface area contributed by atoms with Crippen molar-refractivity contribution in [2.24, 2.45) is 0 Å². The van der Waals surface area contributed by atoms with E-state index in [1.54, 1.807) is 6.08 Å². The Labute approximate surface area is 368 Å². The standard InChI is InChI=1S/C47H88NO12P/c1-3-5-7-9-11-13-15-16-17-18-19-20-21-22-23-25-27-29-31-33-35-40(50)39(37-59-61(57,58)60-47-45(55)43(53)42(52)44(54)46(47)56)48-41(51)36-38(49)34-32-30-28-26-24-14-12-10-8-6-4-2/h25-28,33,35,38-40,42-47,49-50,52-56H,3-24,29-32,34,36-37H2,1-2H3,(H,48,51)(H,57,58)/b27-25+,28-26-,35-33+. The first-order valence-corrected chi connectivity index (χ1v) is 25.5. The lowest BCUT2D eigenvalue weighted by Crippen LogP contribution is -2.64. The van der Waals surface area contributed by atoms with E-state index in [2.05, 4.69) is 43.5 Å². The lowest BCUT2D eigenvalue weighted by Gasteiger charge is -2.41. The van der Waals surface area contributed by atoms with Gasteiger partial charge in [0, 0.05) is 0 Å². The van der Waals surface area contributed by atoms with Crippen LogP contribution < -0.4 is 5.32 Å². The molecular formula is C47H88NO12P. The number of nitrogens with one attached hydrogen (secondary N) is 1. The highest BCUT2D eigenvalue weighted by Crippen LogP contribution is 2.47. The molecule has 0 bridgehead atoms. The van der Waals surface area contributed by atoms with E-state index < -0.39 is 75.2 Å². The maximum absolute atomic E-state index is 13.0. The van der Waals surface area contributed by atoms with Crippen LogP contribution in [0.25, 0.3) is 0 Å². The number of carbonyl (C=O) groups excluding carboxylic acids is 1. The number of aliphatic hydroxyl groups excluding tert-OH is 7. The van der Waals surface area contributed by atoms with Crippen molar-refractivity contribution in [2.45, 2.75) is 249 Å². The second kappa shape index (κ2) is 36.8. The van der Waals surface area contributed by atoms with E-state index in [0.29, 0.717) is 19.3 Å². The molecule has 0 aromatic carbocycles. The Kier molecular flexibility index (Phi) is 34.7. The smallest absolute Gasteiger partial charge is 0.393 e. The summed E-state index contributed by atoms with van der Waals surface area (Å²) in [6, 6.07) is -1.26. The maximum Gasteiger partial charge on any atom is 0.472 e. The summed E-state index contributed by atoms with van der Waals surface area (Å²) in [7, 11) is -5.15. The molecule has 9 N–H and O–H groups in total. The third-order valence-corrected chi connectivity index (χ3v) is 12.4. The Morgan fingerprint density at radius 1 is 0.574 bits per heavy atom. The topological polar surface area (TPSA) is 226 Å². The van der Waals surface area contributed by atoms with E-state index in [9.17, 15) is 50.0 Å². The highest BCUT2D eigenvalue weighted by molar-refractivity contribution is 7.47. The molecule has 8 unspecified atom stereocenters. The molecule has 0 heterocycles. The monoisotopic (exact) mass is 890 g/mol. The van der Waals surface area contributed by atoms with Crippen LogP contribution in [0.1, 0.15) is 194 Å². The van der Waals surface area contributed by atoms with Gasteiger partial charge in [-0.05, 0) is 57.8 Å². The molecule has 1 fully saturated rings. The van der Waals surface area contributed by atoms with Gasteiger partial charge in [-0.3, -0.25) is 13.8 Å². The molecule has 1 rings (SSSR count). The normalized spacial score (nSPS) is 23.5. The Balaban J connectivity index is 2.56. The van der Waals surface area contributed by atoms with E-state index in [1.165, 1.54) is 122 Å². The molecule has 0 aliphatic heterocycles. The molecule has 0 radical (unpaired) electrons. The molecule has 358 valence electrons. The van der Waals surface area contributed by atoms with Crippen LogP contribution in [0.2, 0.25) is 0 Å². The molecule has 0 saturated heterocycles. The zero-order valence-corrected chi connectivity index (χ0v) is 38.7. The van der Waals surface area contributed by atoms with Crippen LogP contribution in [0.3, 0.4) is 0 Å². The molecule has 13 nitrogen and oxygen atoms in total. The predicted octanol–water partition coefficient (Wildman–Crippen LogP) is 8.14. The van der Waals surface area contributed by atoms with Crippen molar-refractivity contribution in [3.8, 4) is 0 Å². The Bertz CT molecular complexity index is 1190. The number of allylic oxidation sites excluding steroid dienone is 5. The van der Waals surface area contributed by atoms with E-state index in [1.807, 2.05) is 0 Å². The number of hydrogen-bond donors (Lipinski definition) is 9. The van der Waals surface area contributed by atoms with Gasteiger partial charge in [-0.2, -0.15) is 0 Å². The van der Waals surface area contributed by atoms with Crippen molar-refractivity contribution in [1.29, 1.82) is 0 Å². The predicted molar refractivity (Wildman–Crippen MR) is 243 cm³/mol. The summed E-state index contributed by atoms with van der Waals surface area (Å²) in [5.74, 6) is -0.620. The molecule has 61 heavy (non-hydrogen) atoms. The summed E-state index contributed by atoms with van der Waals surface area (Å²) in [5, 5.41) is 74.4. The quantitative estimate of drug-likeness (QED) is 0.0162. The second-order valence-corrected chi connectivity index (χ2v) is 18.5. The van der Waals surface area contributed by atoms with E-state index >= 15 is 0 Å². The van der Waals surface area contributed by atoms with Gasteiger partial charge in [-0.15, -0.1) is 0 Å². The molecule has 1 amide bonds. The highest BCUT2D eigenvalue weighted by atomic mass is 31.2. The summed E-state index contributed by atoms with van der Waals surface area (Å²) in [6.45, 7) is 3.70. The van der Waals surface area contributed by atoms with Gasteiger partial charge in [0.15, 0.2) is 0 Å². The fraction of sp³-hybridized carbons (Fsp3) is 0.851. The van der Waals surface area contributed by atoms with E-state index in [0.717, 1.165) is 38.5 Å². The molecule has 1 saturated carbocycles. The minimum atomic E-state index is -5.15. The minimum absolute atomic E-state index is 0.273. The number of phosphoric ester groups is 1. The Hall–Kier alpha value is -1.48. The largest absolute Gasteiger partial charge is 0.472 e. The SMILES string of the molecule is CCCCCCCC/C=C\CCCC(O)CC(=O)NC(COP(=O)(O)OC1C(O)C(O)C(O)C(O)C1O)C(O)/C=C/CC/C=C/CCCCCCCCCCCCCCCC. The van der Waals surface area contributed by atoms with Gasteiger partial charge in [0.25, 0.3) is 0 Å². The van der Waals surface area contributed by atoms with Crippen molar-refractivity contribution in [2.75, 3.05) is 6.61 Å². The number of aliphatic hydroxyl groups is 7. The number of amides is 1.